The van der Waals surface area contributed by atoms with Gasteiger partial charge >= 0.3 is 0 Å². The SMILES string of the molecule is CC(C)Oc1ccc(Br)c(CC2CCN(CC3Oc4ccccc4N(C)C3=O)CC2)c1. The normalized spacial score (nSPS) is 20.0. The quantitative estimate of drug-likeness (QED) is 0.581. The summed E-state index contributed by atoms with van der Waals surface area (Å²) in [7, 11) is 1.83. The number of halogens is 1. The van der Waals surface area contributed by atoms with E-state index in [4.69, 9.17) is 9.47 Å². The molecular weight excluding hydrogens is 456 g/mol. The van der Waals surface area contributed by atoms with E-state index in [0.717, 1.165) is 54.0 Å². The minimum atomic E-state index is -0.435. The predicted octanol–water partition coefficient (Wildman–Crippen LogP) is 4.91. The van der Waals surface area contributed by atoms with Crippen LogP contribution < -0.4 is 14.4 Å². The lowest BCUT2D eigenvalue weighted by atomic mass is 9.90. The minimum Gasteiger partial charge on any atom is -0.491 e. The molecule has 2 heterocycles. The number of benzene rings is 2. The Hall–Kier alpha value is -2.05. The molecule has 6 heteroatoms. The molecule has 0 N–H and O–H groups in total. The Balaban J connectivity index is 1.32. The van der Waals surface area contributed by atoms with Gasteiger partial charge < -0.3 is 14.4 Å². The fourth-order valence-corrected chi connectivity index (χ4v) is 4.87. The Morgan fingerprint density at radius 2 is 1.90 bits per heavy atom. The molecule has 166 valence electrons. The monoisotopic (exact) mass is 486 g/mol. The van der Waals surface area contributed by atoms with Crippen molar-refractivity contribution < 1.29 is 14.3 Å². The second-order valence-corrected chi connectivity index (χ2v) is 9.69. The highest BCUT2D eigenvalue weighted by Gasteiger charge is 2.34. The molecular formula is C25H31BrN2O3. The average Bonchev–Trinajstić information content (AvgIpc) is 2.75. The summed E-state index contributed by atoms with van der Waals surface area (Å²) in [5.41, 5.74) is 2.15. The summed E-state index contributed by atoms with van der Waals surface area (Å²) in [6.45, 7) is 6.72. The standard InChI is InChI=1S/C25H31BrN2O3/c1-17(2)30-20-8-9-21(26)19(15-20)14-18-10-12-28(13-11-18)16-24-25(29)27(3)22-6-4-5-7-23(22)31-24/h4-9,15,17-18,24H,10-14,16H2,1-3H3. The summed E-state index contributed by atoms with van der Waals surface area (Å²) in [5, 5.41) is 0. The van der Waals surface area contributed by atoms with Crippen LogP contribution in [0.3, 0.4) is 0 Å². The third-order valence-electron chi connectivity index (χ3n) is 6.13. The van der Waals surface area contributed by atoms with Gasteiger partial charge in [0.25, 0.3) is 5.91 Å². The van der Waals surface area contributed by atoms with Gasteiger partial charge in [0.15, 0.2) is 6.10 Å². The van der Waals surface area contributed by atoms with Crippen LogP contribution in [-0.4, -0.2) is 49.7 Å². The first kappa shape index (κ1) is 22.2. The summed E-state index contributed by atoms with van der Waals surface area (Å²) in [5.74, 6) is 2.39. The fraction of sp³-hybridized carbons (Fsp3) is 0.480. The highest BCUT2D eigenvalue weighted by molar-refractivity contribution is 9.10. The molecule has 2 aromatic rings. The first-order valence-electron chi connectivity index (χ1n) is 11.1. The third kappa shape index (κ3) is 5.24. The Morgan fingerprint density at radius 1 is 1.16 bits per heavy atom. The van der Waals surface area contributed by atoms with E-state index < -0.39 is 6.10 Å². The molecule has 31 heavy (non-hydrogen) atoms. The number of anilines is 1. The van der Waals surface area contributed by atoms with Gasteiger partial charge in [0.05, 0.1) is 11.8 Å². The van der Waals surface area contributed by atoms with Crippen LogP contribution in [-0.2, 0) is 11.2 Å². The van der Waals surface area contributed by atoms with E-state index in [1.54, 1.807) is 4.90 Å². The lowest BCUT2D eigenvalue weighted by Crippen LogP contribution is -2.51. The molecule has 1 saturated heterocycles. The lowest BCUT2D eigenvalue weighted by Gasteiger charge is -2.37. The smallest absolute Gasteiger partial charge is 0.269 e. The zero-order valence-corrected chi connectivity index (χ0v) is 20.1. The average molecular weight is 487 g/mol. The van der Waals surface area contributed by atoms with E-state index in [-0.39, 0.29) is 12.0 Å². The largest absolute Gasteiger partial charge is 0.491 e. The maximum Gasteiger partial charge on any atom is 0.269 e. The Labute approximate surface area is 193 Å². The number of carbonyl (C=O) groups is 1. The number of rotatable bonds is 6. The van der Waals surface area contributed by atoms with Crippen LogP contribution in [0.1, 0.15) is 32.3 Å². The summed E-state index contributed by atoms with van der Waals surface area (Å²) < 4.78 is 13.1. The van der Waals surface area contributed by atoms with Crippen LogP contribution in [0.15, 0.2) is 46.9 Å². The predicted molar refractivity (Wildman–Crippen MR) is 127 cm³/mol. The van der Waals surface area contributed by atoms with E-state index >= 15 is 0 Å². The molecule has 4 rings (SSSR count). The maximum atomic E-state index is 12.8. The van der Waals surface area contributed by atoms with Crippen LogP contribution in [0.25, 0.3) is 0 Å². The van der Waals surface area contributed by atoms with Gasteiger partial charge in [0, 0.05) is 18.1 Å². The number of carbonyl (C=O) groups excluding carboxylic acids is 1. The van der Waals surface area contributed by atoms with Gasteiger partial charge in [-0.15, -0.1) is 0 Å². The third-order valence-corrected chi connectivity index (χ3v) is 6.90. The van der Waals surface area contributed by atoms with Gasteiger partial charge in [-0.3, -0.25) is 9.69 Å². The molecule has 2 aliphatic heterocycles. The van der Waals surface area contributed by atoms with Crippen molar-refractivity contribution in [2.45, 2.75) is 45.3 Å². The number of nitrogens with zero attached hydrogens (tertiary/aromatic N) is 2. The number of likely N-dealkylation sites (N-methyl/N-ethyl adjacent to an activating group) is 1. The van der Waals surface area contributed by atoms with E-state index in [0.29, 0.717) is 12.5 Å². The minimum absolute atomic E-state index is 0.0340. The van der Waals surface area contributed by atoms with Crippen LogP contribution in [0, 0.1) is 5.92 Å². The number of likely N-dealkylation sites (tertiary alicyclic amines) is 1. The van der Waals surface area contributed by atoms with Crippen LogP contribution in [0.2, 0.25) is 0 Å². The van der Waals surface area contributed by atoms with E-state index in [2.05, 4.69) is 46.8 Å². The molecule has 0 aromatic heterocycles. The number of piperidine rings is 1. The van der Waals surface area contributed by atoms with Crippen molar-refractivity contribution in [3.8, 4) is 11.5 Å². The molecule has 0 spiro atoms. The van der Waals surface area contributed by atoms with Gasteiger partial charge in [-0.25, -0.2) is 0 Å². The zero-order chi connectivity index (χ0) is 22.0. The number of fused-ring (bicyclic) bond motifs is 1. The van der Waals surface area contributed by atoms with Crippen molar-refractivity contribution in [1.82, 2.24) is 4.90 Å². The molecule has 2 aromatic carbocycles. The topological polar surface area (TPSA) is 42.0 Å². The van der Waals surface area contributed by atoms with Gasteiger partial charge in [0.1, 0.15) is 11.5 Å². The van der Waals surface area contributed by atoms with Crippen molar-refractivity contribution in [3.05, 3.63) is 52.5 Å². The highest BCUT2D eigenvalue weighted by atomic mass is 79.9. The van der Waals surface area contributed by atoms with Gasteiger partial charge in [-0.05, 0) is 88.0 Å². The fourth-order valence-electron chi connectivity index (χ4n) is 4.46. The van der Waals surface area contributed by atoms with Crippen molar-refractivity contribution >= 4 is 27.5 Å². The molecule has 0 aliphatic carbocycles. The van der Waals surface area contributed by atoms with Gasteiger partial charge in [0.2, 0.25) is 0 Å². The van der Waals surface area contributed by atoms with Crippen LogP contribution in [0.4, 0.5) is 5.69 Å². The molecule has 0 radical (unpaired) electrons. The second kappa shape index (κ2) is 9.61. The molecule has 2 aliphatic rings. The summed E-state index contributed by atoms with van der Waals surface area (Å²) in [4.78, 5) is 16.9. The van der Waals surface area contributed by atoms with E-state index in [9.17, 15) is 4.79 Å². The number of amides is 1. The van der Waals surface area contributed by atoms with Crippen molar-refractivity contribution in [2.24, 2.45) is 5.92 Å². The Bertz CT molecular complexity index is 925. The summed E-state index contributed by atoms with van der Waals surface area (Å²) in [6.07, 6.45) is 3.02. The molecule has 0 bridgehead atoms. The van der Waals surface area contributed by atoms with Crippen LogP contribution >= 0.6 is 15.9 Å². The summed E-state index contributed by atoms with van der Waals surface area (Å²) in [6, 6.07) is 14.0. The maximum absolute atomic E-state index is 12.8. The van der Waals surface area contributed by atoms with E-state index in [1.165, 1.54) is 5.56 Å². The highest BCUT2D eigenvalue weighted by Crippen LogP contribution is 2.33. The van der Waals surface area contributed by atoms with Crippen molar-refractivity contribution in [3.63, 3.8) is 0 Å². The molecule has 1 atom stereocenters. The lowest BCUT2D eigenvalue weighted by molar-refractivity contribution is -0.127. The Morgan fingerprint density at radius 3 is 2.65 bits per heavy atom. The number of ether oxygens (including phenoxy) is 2. The van der Waals surface area contributed by atoms with Crippen molar-refractivity contribution in [2.75, 3.05) is 31.6 Å². The molecule has 1 unspecified atom stereocenters. The number of para-hydroxylation sites is 2. The van der Waals surface area contributed by atoms with Gasteiger partial charge in [-0.1, -0.05) is 28.1 Å². The van der Waals surface area contributed by atoms with E-state index in [1.807, 2.05) is 37.4 Å². The van der Waals surface area contributed by atoms with Crippen LogP contribution in [0.5, 0.6) is 11.5 Å². The Kier molecular flexibility index (Phi) is 6.87. The van der Waals surface area contributed by atoms with Gasteiger partial charge in [-0.2, -0.15) is 0 Å². The second-order valence-electron chi connectivity index (χ2n) is 8.84. The zero-order valence-electron chi connectivity index (χ0n) is 18.5. The van der Waals surface area contributed by atoms with Crippen molar-refractivity contribution in [1.29, 1.82) is 0 Å². The molecule has 1 fully saturated rings. The number of hydrogen-bond acceptors (Lipinski definition) is 4. The summed E-state index contributed by atoms with van der Waals surface area (Å²) >= 11 is 3.70. The first-order chi connectivity index (χ1) is 14.9. The number of hydrogen-bond donors (Lipinski definition) is 0. The molecule has 0 saturated carbocycles. The first-order valence-corrected chi connectivity index (χ1v) is 11.9. The molecule has 1 amide bonds. The molecule has 5 nitrogen and oxygen atoms in total.